The van der Waals surface area contributed by atoms with Gasteiger partial charge in [0, 0.05) is 18.7 Å². The van der Waals surface area contributed by atoms with Crippen molar-refractivity contribution in [1.29, 1.82) is 0 Å². The van der Waals surface area contributed by atoms with E-state index in [2.05, 4.69) is 10.5 Å². The predicted molar refractivity (Wildman–Crippen MR) is 116 cm³/mol. The molecule has 30 heavy (non-hydrogen) atoms. The smallest absolute Gasteiger partial charge is 0.338 e. The molecule has 7 heteroatoms. The highest BCUT2D eigenvalue weighted by molar-refractivity contribution is 6.01. The van der Waals surface area contributed by atoms with Gasteiger partial charge in [-0.25, -0.2) is 9.59 Å². The largest absolute Gasteiger partial charge is 0.462 e. The van der Waals surface area contributed by atoms with Crippen LogP contribution in [0.25, 0.3) is 0 Å². The van der Waals surface area contributed by atoms with E-state index in [0.717, 1.165) is 11.3 Å². The maximum Gasteiger partial charge on any atom is 0.338 e. The third kappa shape index (κ3) is 5.37. The number of likely N-dealkylation sites (N-methyl/N-ethyl adjacent to an activating group) is 1. The van der Waals surface area contributed by atoms with Gasteiger partial charge in [0.15, 0.2) is 6.10 Å². The number of nitrogens with one attached hydrogen (secondary N) is 1. The van der Waals surface area contributed by atoms with Crippen molar-refractivity contribution in [2.24, 2.45) is 5.16 Å². The molecule has 2 amide bonds. The van der Waals surface area contributed by atoms with Gasteiger partial charge >= 0.3 is 12.0 Å². The molecule has 1 atom stereocenters. The molecule has 1 unspecified atom stereocenters. The van der Waals surface area contributed by atoms with E-state index in [-0.39, 0.29) is 18.1 Å². The monoisotopic (exact) mass is 409 g/mol. The number of nitrogens with zero attached hydrogens (tertiary/aromatic N) is 2. The van der Waals surface area contributed by atoms with Gasteiger partial charge in [-0.05, 0) is 50.6 Å². The molecule has 3 rings (SSSR count). The van der Waals surface area contributed by atoms with Crippen LogP contribution in [-0.4, -0.2) is 48.4 Å². The van der Waals surface area contributed by atoms with Gasteiger partial charge < -0.3 is 19.8 Å². The Morgan fingerprint density at radius 1 is 1.13 bits per heavy atom. The Kier molecular flexibility index (Phi) is 7.06. The lowest BCUT2D eigenvalue weighted by atomic mass is 10.0. The maximum atomic E-state index is 12.7. The highest BCUT2D eigenvalue weighted by Crippen LogP contribution is 2.19. The Hall–Kier alpha value is -3.35. The molecule has 1 N–H and O–H groups in total. The Balaban J connectivity index is 1.54. The van der Waals surface area contributed by atoms with Crippen LogP contribution < -0.4 is 5.32 Å². The van der Waals surface area contributed by atoms with Crippen LogP contribution in [0.3, 0.4) is 0 Å². The summed E-state index contributed by atoms with van der Waals surface area (Å²) in [5, 5.41) is 7.06. The molecular weight excluding hydrogens is 382 g/mol. The summed E-state index contributed by atoms with van der Waals surface area (Å²) in [6.07, 6.45) is 0.472. The molecule has 0 aromatic heterocycles. The summed E-state index contributed by atoms with van der Waals surface area (Å²) < 4.78 is 4.97. The Bertz CT molecular complexity index is 907. The van der Waals surface area contributed by atoms with E-state index in [4.69, 9.17) is 9.57 Å². The summed E-state index contributed by atoms with van der Waals surface area (Å²) in [5.74, 6) is -0.381. The minimum absolute atomic E-state index is 0.182. The van der Waals surface area contributed by atoms with E-state index >= 15 is 0 Å². The maximum absolute atomic E-state index is 12.7. The van der Waals surface area contributed by atoms with Gasteiger partial charge in [0.1, 0.15) is 0 Å². The Labute approximate surface area is 176 Å². The van der Waals surface area contributed by atoms with Gasteiger partial charge in [0.25, 0.3) is 0 Å². The van der Waals surface area contributed by atoms with Crippen LogP contribution in [0.1, 0.15) is 41.8 Å². The summed E-state index contributed by atoms with van der Waals surface area (Å²) >= 11 is 0. The second kappa shape index (κ2) is 9.91. The summed E-state index contributed by atoms with van der Waals surface area (Å²) in [6, 6.07) is 14.6. The SMILES string of the molecule is CCOC(=O)c1ccc(NC(=O)N(CC)CC2CC(c3ccc(C)cc3)=NO2)cc1. The molecule has 7 nitrogen and oxygen atoms in total. The molecule has 0 aliphatic carbocycles. The first-order chi connectivity index (χ1) is 14.5. The Morgan fingerprint density at radius 3 is 2.47 bits per heavy atom. The molecule has 2 aromatic carbocycles. The summed E-state index contributed by atoms with van der Waals surface area (Å²) in [4.78, 5) is 31.6. The minimum Gasteiger partial charge on any atom is -0.462 e. The average Bonchev–Trinajstić information content (AvgIpc) is 3.21. The summed E-state index contributed by atoms with van der Waals surface area (Å²) in [6.45, 7) is 7.01. The fraction of sp³-hybridized carbons (Fsp3) is 0.348. The van der Waals surface area contributed by atoms with Gasteiger partial charge in [-0.1, -0.05) is 35.0 Å². The molecule has 0 bridgehead atoms. The number of aryl methyl sites for hydroxylation is 1. The van der Waals surface area contributed by atoms with Crippen LogP contribution in [0, 0.1) is 6.92 Å². The molecule has 1 aliphatic heterocycles. The fourth-order valence-corrected chi connectivity index (χ4v) is 3.15. The number of carbonyl (C=O) groups is 2. The van der Waals surface area contributed by atoms with Gasteiger partial charge in [0.05, 0.1) is 24.4 Å². The molecule has 2 aromatic rings. The van der Waals surface area contributed by atoms with Gasteiger partial charge in [-0.2, -0.15) is 0 Å². The molecule has 158 valence electrons. The number of amides is 2. The lowest BCUT2D eigenvalue weighted by molar-refractivity contribution is 0.0526. The van der Waals surface area contributed by atoms with Crippen molar-refractivity contribution < 1.29 is 19.2 Å². The number of ether oxygens (including phenoxy) is 1. The number of oxime groups is 1. The van der Waals surface area contributed by atoms with Crippen molar-refractivity contribution in [3.05, 3.63) is 65.2 Å². The third-order valence-electron chi connectivity index (χ3n) is 4.86. The van der Waals surface area contributed by atoms with E-state index in [9.17, 15) is 9.59 Å². The van der Waals surface area contributed by atoms with Gasteiger partial charge in [-0.15, -0.1) is 0 Å². The zero-order valence-corrected chi connectivity index (χ0v) is 17.6. The van der Waals surface area contributed by atoms with Crippen molar-refractivity contribution in [3.63, 3.8) is 0 Å². The van der Waals surface area contributed by atoms with E-state index in [1.165, 1.54) is 5.56 Å². The highest BCUT2D eigenvalue weighted by atomic mass is 16.6. The molecule has 0 radical (unpaired) electrons. The first-order valence-electron chi connectivity index (χ1n) is 10.1. The number of carbonyl (C=O) groups excluding carboxylic acids is 2. The number of rotatable bonds is 7. The molecular formula is C23H27N3O4. The number of urea groups is 1. The molecule has 0 saturated heterocycles. The van der Waals surface area contributed by atoms with Crippen LogP contribution >= 0.6 is 0 Å². The van der Waals surface area contributed by atoms with Gasteiger partial charge in [-0.3, -0.25) is 0 Å². The third-order valence-corrected chi connectivity index (χ3v) is 4.86. The molecule has 1 heterocycles. The van der Waals surface area contributed by atoms with E-state index < -0.39 is 0 Å². The summed E-state index contributed by atoms with van der Waals surface area (Å²) in [7, 11) is 0. The van der Waals surface area contributed by atoms with Crippen LogP contribution in [0.2, 0.25) is 0 Å². The minimum atomic E-state index is -0.381. The van der Waals surface area contributed by atoms with Crippen molar-refractivity contribution in [2.45, 2.75) is 33.3 Å². The van der Waals surface area contributed by atoms with E-state index in [1.54, 1.807) is 36.1 Å². The van der Waals surface area contributed by atoms with Crippen molar-refractivity contribution in [2.75, 3.05) is 25.0 Å². The average molecular weight is 409 g/mol. The summed E-state index contributed by atoms with van der Waals surface area (Å²) in [5.41, 5.74) is 4.18. The van der Waals surface area contributed by atoms with E-state index in [1.807, 2.05) is 38.1 Å². The van der Waals surface area contributed by atoms with Crippen LogP contribution in [-0.2, 0) is 9.57 Å². The molecule has 0 fully saturated rings. The topological polar surface area (TPSA) is 80.2 Å². The number of hydrogen-bond donors (Lipinski definition) is 1. The second-order valence-electron chi connectivity index (χ2n) is 7.10. The number of anilines is 1. The normalized spacial score (nSPS) is 15.2. The molecule has 0 spiro atoms. The van der Waals surface area contributed by atoms with Crippen molar-refractivity contribution >= 4 is 23.4 Å². The fourth-order valence-electron chi connectivity index (χ4n) is 3.15. The van der Waals surface area contributed by atoms with Crippen LogP contribution in [0.4, 0.5) is 10.5 Å². The zero-order valence-electron chi connectivity index (χ0n) is 17.6. The zero-order chi connectivity index (χ0) is 21.5. The van der Waals surface area contributed by atoms with Crippen LogP contribution in [0.5, 0.6) is 0 Å². The number of esters is 1. The lowest BCUT2D eigenvalue weighted by Crippen LogP contribution is -2.40. The van der Waals surface area contributed by atoms with Gasteiger partial charge in [0.2, 0.25) is 0 Å². The standard InChI is InChI=1S/C23H27N3O4/c1-4-26(15-20-14-21(25-30-20)17-8-6-16(3)7-9-17)23(28)24-19-12-10-18(11-13-19)22(27)29-5-2/h6-13,20H,4-5,14-15H2,1-3H3,(H,24,28). The van der Waals surface area contributed by atoms with E-state index in [0.29, 0.717) is 37.4 Å². The Morgan fingerprint density at radius 2 is 1.83 bits per heavy atom. The second-order valence-corrected chi connectivity index (χ2v) is 7.10. The lowest BCUT2D eigenvalue weighted by Gasteiger charge is -2.23. The first-order valence-corrected chi connectivity index (χ1v) is 10.1. The van der Waals surface area contributed by atoms with Crippen LogP contribution in [0.15, 0.2) is 53.7 Å². The predicted octanol–water partition coefficient (Wildman–Crippen LogP) is 4.22. The quantitative estimate of drug-likeness (QED) is 0.695. The first kappa shape index (κ1) is 21.4. The number of benzene rings is 2. The van der Waals surface area contributed by atoms with Crippen molar-refractivity contribution in [1.82, 2.24) is 4.90 Å². The van der Waals surface area contributed by atoms with Crippen molar-refractivity contribution in [3.8, 4) is 0 Å². The molecule has 0 saturated carbocycles. The molecule has 1 aliphatic rings. The number of hydrogen-bond acceptors (Lipinski definition) is 5. The highest BCUT2D eigenvalue weighted by Gasteiger charge is 2.26.